The third-order valence-corrected chi connectivity index (χ3v) is 4.03. The maximum Gasteiger partial charge on any atom is 0.257 e. The molecule has 0 aliphatic carbocycles. The van der Waals surface area contributed by atoms with E-state index in [1.807, 2.05) is 0 Å². The Morgan fingerprint density at radius 2 is 1.71 bits per heavy atom. The molecule has 3 nitrogen and oxygen atoms in total. The van der Waals surface area contributed by atoms with E-state index in [0.29, 0.717) is 32.0 Å². The van der Waals surface area contributed by atoms with E-state index >= 15 is 0 Å². The number of carbonyl (C=O) groups is 1. The highest BCUT2D eigenvalue weighted by Gasteiger charge is 2.15. The molecule has 0 fully saturated rings. The molecule has 0 atom stereocenters. The first-order valence-corrected chi connectivity index (χ1v) is 7.78. The first-order valence-electron chi connectivity index (χ1n) is 5.85. The van der Waals surface area contributed by atoms with Crippen LogP contribution in [0.25, 0.3) is 0 Å². The van der Waals surface area contributed by atoms with Gasteiger partial charge >= 0.3 is 0 Å². The van der Waals surface area contributed by atoms with Crippen molar-refractivity contribution in [2.24, 2.45) is 0 Å². The molecule has 0 saturated heterocycles. The molecule has 2 rings (SSSR count). The van der Waals surface area contributed by atoms with Crippen molar-refractivity contribution in [2.45, 2.75) is 0 Å². The molecule has 0 aromatic heterocycles. The standard InChI is InChI=1S/C14H10BrCl3N2O/c1-19-12-3-2-8(16)6-9(12)14(21)20-13-10(17)4-7(15)5-11(13)18/h2-6,19H,1H3,(H,20,21). The molecule has 0 saturated carbocycles. The number of hydrogen-bond acceptors (Lipinski definition) is 2. The maximum absolute atomic E-state index is 12.4. The Morgan fingerprint density at radius 1 is 1.10 bits per heavy atom. The molecular formula is C14H10BrCl3N2O. The zero-order valence-electron chi connectivity index (χ0n) is 10.8. The summed E-state index contributed by atoms with van der Waals surface area (Å²) in [5, 5.41) is 6.79. The highest BCUT2D eigenvalue weighted by Crippen LogP contribution is 2.34. The molecule has 2 N–H and O–H groups in total. The van der Waals surface area contributed by atoms with Crippen LogP contribution in [-0.2, 0) is 0 Å². The van der Waals surface area contributed by atoms with Crippen molar-refractivity contribution in [2.75, 3.05) is 17.7 Å². The fraction of sp³-hybridized carbons (Fsp3) is 0.0714. The number of hydrogen-bond donors (Lipinski definition) is 2. The second-order valence-corrected chi connectivity index (χ2v) is 6.30. The molecule has 7 heteroatoms. The first-order chi connectivity index (χ1) is 9.92. The lowest BCUT2D eigenvalue weighted by Gasteiger charge is -2.13. The van der Waals surface area contributed by atoms with Crippen molar-refractivity contribution in [1.82, 2.24) is 0 Å². The van der Waals surface area contributed by atoms with Crippen LogP contribution in [0.5, 0.6) is 0 Å². The molecule has 0 aliphatic heterocycles. The largest absolute Gasteiger partial charge is 0.387 e. The van der Waals surface area contributed by atoms with Gasteiger partial charge in [-0.05, 0) is 30.3 Å². The number of benzene rings is 2. The second kappa shape index (κ2) is 6.88. The summed E-state index contributed by atoms with van der Waals surface area (Å²) in [6.07, 6.45) is 0. The fourth-order valence-corrected chi connectivity index (χ4v) is 3.24. The molecule has 0 unspecified atom stereocenters. The van der Waals surface area contributed by atoms with E-state index < -0.39 is 0 Å². The van der Waals surface area contributed by atoms with Gasteiger partial charge in [0.2, 0.25) is 0 Å². The van der Waals surface area contributed by atoms with Gasteiger partial charge in [0, 0.05) is 22.2 Å². The molecule has 110 valence electrons. The number of halogens is 4. The minimum absolute atomic E-state index is 0.343. The van der Waals surface area contributed by atoms with Gasteiger partial charge < -0.3 is 10.6 Å². The Bertz CT molecular complexity index is 684. The van der Waals surface area contributed by atoms with Crippen molar-refractivity contribution >= 4 is 68.0 Å². The van der Waals surface area contributed by atoms with Crippen LogP contribution in [0.2, 0.25) is 15.1 Å². The van der Waals surface area contributed by atoms with E-state index in [1.165, 1.54) is 0 Å². The zero-order chi connectivity index (χ0) is 15.6. The minimum Gasteiger partial charge on any atom is -0.387 e. The molecule has 0 radical (unpaired) electrons. The van der Waals surface area contributed by atoms with E-state index in [0.717, 1.165) is 4.47 Å². The number of rotatable bonds is 3. The van der Waals surface area contributed by atoms with Crippen molar-refractivity contribution in [3.63, 3.8) is 0 Å². The van der Waals surface area contributed by atoms with Crippen LogP contribution in [0.4, 0.5) is 11.4 Å². The van der Waals surface area contributed by atoms with Crippen LogP contribution in [-0.4, -0.2) is 13.0 Å². The molecule has 0 bridgehead atoms. The molecule has 0 spiro atoms. The van der Waals surface area contributed by atoms with Crippen molar-refractivity contribution in [3.8, 4) is 0 Å². The van der Waals surface area contributed by atoms with Gasteiger partial charge in [-0.2, -0.15) is 0 Å². The van der Waals surface area contributed by atoms with Crippen LogP contribution < -0.4 is 10.6 Å². The van der Waals surface area contributed by atoms with Gasteiger partial charge in [-0.3, -0.25) is 4.79 Å². The van der Waals surface area contributed by atoms with Gasteiger partial charge in [-0.1, -0.05) is 50.7 Å². The summed E-state index contributed by atoms with van der Waals surface area (Å²) in [5.74, 6) is -0.354. The molecule has 2 aromatic carbocycles. The summed E-state index contributed by atoms with van der Waals surface area (Å²) < 4.78 is 0.731. The lowest BCUT2D eigenvalue weighted by molar-refractivity contribution is 0.102. The number of anilines is 2. The van der Waals surface area contributed by atoms with E-state index in [9.17, 15) is 4.79 Å². The Labute approximate surface area is 145 Å². The Hall–Kier alpha value is -0.940. The summed E-state index contributed by atoms with van der Waals surface area (Å²) >= 11 is 21.4. The Morgan fingerprint density at radius 3 is 2.29 bits per heavy atom. The van der Waals surface area contributed by atoms with Crippen LogP contribution in [0.15, 0.2) is 34.8 Å². The topological polar surface area (TPSA) is 41.1 Å². The lowest BCUT2D eigenvalue weighted by atomic mass is 10.1. The third-order valence-electron chi connectivity index (χ3n) is 2.74. The van der Waals surface area contributed by atoms with E-state index in [-0.39, 0.29) is 5.91 Å². The number of carbonyl (C=O) groups excluding carboxylic acids is 1. The predicted molar refractivity (Wildman–Crippen MR) is 93.1 cm³/mol. The van der Waals surface area contributed by atoms with E-state index in [4.69, 9.17) is 34.8 Å². The molecular weight excluding hydrogens is 398 g/mol. The van der Waals surface area contributed by atoms with Gasteiger partial charge in [-0.25, -0.2) is 0 Å². The first kappa shape index (κ1) is 16.4. The maximum atomic E-state index is 12.4. The molecule has 2 aromatic rings. The Balaban J connectivity index is 2.37. The summed E-state index contributed by atoms with van der Waals surface area (Å²) in [7, 11) is 1.72. The van der Waals surface area contributed by atoms with Crippen molar-refractivity contribution in [1.29, 1.82) is 0 Å². The van der Waals surface area contributed by atoms with E-state index in [2.05, 4.69) is 26.6 Å². The Kier molecular flexibility index (Phi) is 5.38. The van der Waals surface area contributed by atoms with Crippen LogP contribution >= 0.6 is 50.7 Å². The molecule has 0 aliphatic rings. The van der Waals surface area contributed by atoms with Crippen molar-refractivity contribution in [3.05, 3.63) is 55.4 Å². The number of nitrogens with one attached hydrogen (secondary N) is 2. The van der Waals surface area contributed by atoms with Crippen LogP contribution in [0.3, 0.4) is 0 Å². The van der Waals surface area contributed by atoms with Crippen molar-refractivity contribution < 1.29 is 4.79 Å². The highest BCUT2D eigenvalue weighted by molar-refractivity contribution is 9.10. The minimum atomic E-state index is -0.354. The highest BCUT2D eigenvalue weighted by atomic mass is 79.9. The zero-order valence-corrected chi connectivity index (χ0v) is 14.7. The quantitative estimate of drug-likeness (QED) is 0.684. The average molecular weight is 409 g/mol. The number of amides is 1. The smallest absolute Gasteiger partial charge is 0.257 e. The molecule has 0 heterocycles. The predicted octanol–water partition coefficient (Wildman–Crippen LogP) is 5.70. The van der Waals surface area contributed by atoms with E-state index in [1.54, 1.807) is 37.4 Å². The average Bonchev–Trinajstić information content (AvgIpc) is 2.42. The van der Waals surface area contributed by atoms with Gasteiger partial charge in [0.1, 0.15) is 0 Å². The van der Waals surface area contributed by atoms with Crippen LogP contribution in [0.1, 0.15) is 10.4 Å². The van der Waals surface area contributed by atoms with Gasteiger partial charge in [0.05, 0.1) is 21.3 Å². The van der Waals surface area contributed by atoms with Crippen LogP contribution in [0, 0.1) is 0 Å². The molecule has 21 heavy (non-hydrogen) atoms. The summed E-state index contributed by atoms with van der Waals surface area (Å²) in [4.78, 5) is 12.4. The summed E-state index contributed by atoms with van der Waals surface area (Å²) in [5.41, 5.74) is 1.41. The van der Waals surface area contributed by atoms with Gasteiger partial charge in [0.25, 0.3) is 5.91 Å². The summed E-state index contributed by atoms with van der Waals surface area (Å²) in [6.45, 7) is 0. The fourth-order valence-electron chi connectivity index (χ4n) is 1.76. The third kappa shape index (κ3) is 3.83. The SMILES string of the molecule is CNc1ccc(Cl)cc1C(=O)Nc1c(Cl)cc(Br)cc1Cl. The second-order valence-electron chi connectivity index (χ2n) is 4.14. The normalized spacial score (nSPS) is 10.3. The molecule has 1 amide bonds. The lowest BCUT2D eigenvalue weighted by Crippen LogP contribution is -2.14. The van der Waals surface area contributed by atoms with Gasteiger partial charge in [-0.15, -0.1) is 0 Å². The van der Waals surface area contributed by atoms with Gasteiger partial charge in [0.15, 0.2) is 0 Å². The summed E-state index contributed by atoms with van der Waals surface area (Å²) in [6, 6.07) is 8.30. The monoisotopic (exact) mass is 406 g/mol.